The van der Waals surface area contributed by atoms with E-state index in [4.69, 9.17) is 4.42 Å². The van der Waals surface area contributed by atoms with Crippen LogP contribution < -0.4 is 0 Å². The van der Waals surface area contributed by atoms with Crippen molar-refractivity contribution in [2.45, 2.75) is 6.42 Å². The number of hydrazone groups is 1. The minimum Gasteiger partial charge on any atom is -0.455 e. The van der Waals surface area contributed by atoms with Crippen molar-refractivity contribution in [2.75, 3.05) is 0 Å². The van der Waals surface area contributed by atoms with Crippen LogP contribution in [-0.2, 0) is 9.59 Å². The van der Waals surface area contributed by atoms with Gasteiger partial charge in [-0.05, 0) is 54.4 Å². The van der Waals surface area contributed by atoms with E-state index in [0.29, 0.717) is 28.9 Å². The van der Waals surface area contributed by atoms with Crippen LogP contribution in [0.1, 0.15) is 12.2 Å². The maximum absolute atomic E-state index is 12.9. The molecule has 7 rings (SSSR count). The molecule has 0 radical (unpaired) electrons. The van der Waals surface area contributed by atoms with Gasteiger partial charge < -0.3 is 4.42 Å². The number of carbonyl (C=O) groups excluding carboxylic acids is 2. The van der Waals surface area contributed by atoms with E-state index in [1.807, 2.05) is 0 Å². The molecule has 1 aromatic carbocycles. The molecule has 8 heteroatoms. The highest BCUT2D eigenvalue weighted by atomic mass is 16.6. The highest BCUT2D eigenvalue weighted by Gasteiger charge is 2.67. The lowest BCUT2D eigenvalue weighted by molar-refractivity contribution is -0.384. The van der Waals surface area contributed by atoms with E-state index >= 15 is 0 Å². The summed E-state index contributed by atoms with van der Waals surface area (Å²) in [6, 6.07) is 9.41. The van der Waals surface area contributed by atoms with Gasteiger partial charge in [0.1, 0.15) is 11.5 Å². The van der Waals surface area contributed by atoms with Crippen LogP contribution in [0, 0.1) is 45.6 Å². The lowest BCUT2D eigenvalue weighted by atomic mass is 9.63. The third-order valence-electron chi connectivity index (χ3n) is 6.93. The van der Waals surface area contributed by atoms with Crippen LogP contribution in [0.4, 0.5) is 5.69 Å². The predicted octanol–water partition coefficient (Wildman–Crippen LogP) is 3.24. The molecule has 30 heavy (non-hydrogen) atoms. The summed E-state index contributed by atoms with van der Waals surface area (Å²) in [4.78, 5) is 36.1. The van der Waals surface area contributed by atoms with Gasteiger partial charge in [-0.25, -0.2) is 0 Å². The zero-order valence-electron chi connectivity index (χ0n) is 15.8. The Morgan fingerprint density at radius 3 is 2.23 bits per heavy atom. The van der Waals surface area contributed by atoms with Gasteiger partial charge in [0, 0.05) is 17.7 Å². The summed E-state index contributed by atoms with van der Waals surface area (Å²) in [5.41, 5.74) is 0.683. The molecule has 1 aromatic heterocycles. The van der Waals surface area contributed by atoms with Gasteiger partial charge in [0.15, 0.2) is 0 Å². The van der Waals surface area contributed by atoms with E-state index in [0.717, 1.165) is 11.4 Å². The van der Waals surface area contributed by atoms with Gasteiger partial charge in [0.25, 0.3) is 17.5 Å². The minimum absolute atomic E-state index is 0.000658. The fourth-order valence-corrected chi connectivity index (χ4v) is 5.49. The number of hydrogen-bond acceptors (Lipinski definition) is 6. The number of nitro groups is 1. The van der Waals surface area contributed by atoms with Gasteiger partial charge in [0.2, 0.25) is 0 Å². The molecule has 2 saturated carbocycles. The molecule has 0 N–H and O–H groups in total. The smallest absolute Gasteiger partial charge is 0.269 e. The summed E-state index contributed by atoms with van der Waals surface area (Å²) in [5, 5.41) is 16.0. The molecular weight excluding hydrogens is 386 g/mol. The first kappa shape index (κ1) is 17.3. The van der Waals surface area contributed by atoms with Crippen molar-refractivity contribution in [3.05, 3.63) is 64.4 Å². The third kappa shape index (κ3) is 2.36. The Bertz CT molecular complexity index is 1110. The number of furan rings is 1. The molecule has 3 fully saturated rings. The summed E-state index contributed by atoms with van der Waals surface area (Å²) >= 11 is 0. The van der Waals surface area contributed by atoms with Gasteiger partial charge in [-0.1, -0.05) is 12.2 Å². The van der Waals surface area contributed by atoms with E-state index in [2.05, 4.69) is 17.3 Å². The number of non-ortho nitro benzene ring substituents is 1. The monoisotopic (exact) mass is 403 g/mol. The number of nitro benzene ring substituents is 1. The maximum atomic E-state index is 12.9. The molecule has 2 heterocycles. The van der Waals surface area contributed by atoms with Gasteiger partial charge in [-0.2, -0.15) is 10.1 Å². The summed E-state index contributed by atoms with van der Waals surface area (Å²) < 4.78 is 5.72. The first-order chi connectivity index (χ1) is 14.5. The lowest BCUT2D eigenvalue weighted by Gasteiger charge is -2.37. The minimum atomic E-state index is -0.461. The topological polar surface area (TPSA) is 106 Å². The van der Waals surface area contributed by atoms with E-state index < -0.39 is 4.92 Å². The second-order valence-corrected chi connectivity index (χ2v) is 8.39. The Hall–Kier alpha value is -3.55. The average Bonchev–Trinajstić information content (AvgIpc) is 3.39. The van der Waals surface area contributed by atoms with E-state index in [-0.39, 0.29) is 41.2 Å². The fourth-order valence-electron chi connectivity index (χ4n) is 5.49. The summed E-state index contributed by atoms with van der Waals surface area (Å²) in [7, 11) is 0. The molecule has 0 spiro atoms. The molecule has 2 amide bonds. The third-order valence-corrected chi connectivity index (χ3v) is 6.93. The van der Waals surface area contributed by atoms with Crippen molar-refractivity contribution in [1.82, 2.24) is 5.01 Å². The number of nitrogens with zero attached hydrogens (tertiary/aromatic N) is 3. The zero-order chi connectivity index (χ0) is 20.6. The Balaban J connectivity index is 1.22. The molecule has 0 unspecified atom stereocenters. The fraction of sp³-hybridized carbons (Fsp3) is 0.318. The zero-order valence-corrected chi connectivity index (χ0v) is 15.8. The summed E-state index contributed by atoms with van der Waals surface area (Å²) in [6.45, 7) is 0. The van der Waals surface area contributed by atoms with Crippen LogP contribution in [0.15, 0.2) is 58.1 Å². The molecule has 1 aliphatic heterocycles. The Morgan fingerprint density at radius 2 is 1.63 bits per heavy atom. The molecule has 4 aliphatic carbocycles. The Morgan fingerprint density at radius 1 is 1.00 bits per heavy atom. The molecule has 5 aliphatic rings. The van der Waals surface area contributed by atoms with Crippen molar-refractivity contribution in [1.29, 1.82) is 0 Å². The molecule has 6 atom stereocenters. The standard InChI is InChI=1S/C22H17N3O5/c26-21-19-14-6-7-15(17-9-16(14)17)20(19)22(27)24(21)23-10-13-5-8-18(30-13)11-1-3-12(4-2-11)25(28)29/h1-8,10,14-17,19-20H,9H2/b23-10-/t14-,15-,16-,17+,19+,20-/m1/s1. The number of rotatable bonds is 4. The number of imide groups is 1. The summed E-state index contributed by atoms with van der Waals surface area (Å²) in [6.07, 6.45) is 6.75. The summed E-state index contributed by atoms with van der Waals surface area (Å²) in [5.74, 6) is 1.36. The van der Waals surface area contributed by atoms with E-state index in [1.165, 1.54) is 18.3 Å². The quantitative estimate of drug-likeness (QED) is 0.256. The lowest BCUT2D eigenvalue weighted by Crippen LogP contribution is -2.40. The van der Waals surface area contributed by atoms with Crippen molar-refractivity contribution in [3.8, 4) is 11.3 Å². The van der Waals surface area contributed by atoms with Crippen LogP contribution in [0.3, 0.4) is 0 Å². The number of amides is 2. The highest BCUT2D eigenvalue weighted by molar-refractivity contribution is 6.06. The van der Waals surface area contributed by atoms with Crippen molar-refractivity contribution in [3.63, 3.8) is 0 Å². The van der Waals surface area contributed by atoms with Crippen molar-refractivity contribution >= 4 is 23.7 Å². The maximum Gasteiger partial charge on any atom is 0.269 e. The Kier molecular flexibility index (Phi) is 3.45. The number of allylic oxidation sites excluding steroid dienone is 2. The van der Waals surface area contributed by atoms with E-state index in [9.17, 15) is 19.7 Å². The van der Waals surface area contributed by atoms with Gasteiger partial charge in [-0.15, -0.1) is 0 Å². The molecule has 8 nitrogen and oxygen atoms in total. The van der Waals surface area contributed by atoms with Crippen LogP contribution in [0.5, 0.6) is 0 Å². The van der Waals surface area contributed by atoms with Crippen molar-refractivity contribution in [2.24, 2.45) is 40.6 Å². The normalized spacial score (nSPS) is 33.3. The van der Waals surface area contributed by atoms with Crippen LogP contribution in [0.2, 0.25) is 0 Å². The van der Waals surface area contributed by atoms with Crippen LogP contribution in [-0.4, -0.2) is 28.0 Å². The molecule has 150 valence electrons. The second kappa shape index (κ2) is 5.98. The van der Waals surface area contributed by atoms with E-state index in [1.54, 1.807) is 24.3 Å². The highest BCUT2D eigenvalue weighted by Crippen LogP contribution is 2.65. The van der Waals surface area contributed by atoms with Gasteiger partial charge in [0.05, 0.1) is 23.0 Å². The van der Waals surface area contributed by atoms with Crippen LogP contribution >= 0.6 is 0 Å². The molecule has 2 bridgehead atoms. The average molecular weight is 403 g/mol. The SMILES string of the molecule is O=C1[C@@H]2[C@@H]3C=C[C@H]([C@H]4C[C@@H]34)[C@@H]2C(=O)N1/N=C\c1ccc(-c2ccc([N+](=O)[O-])cc2)o1. The van der Waals surface area contributed by atoms with Crippen molar-refractivity contribution < 1.29 is 18.9 Å². The Labute approximate surface area is 171 Å². The first-order valence-electron chi connectivity index (χ1n) is 9.98. The first-order valence-corrected chi connectivity index (χ1v) is 9.98. The number of carbonyl (C=O) groups is 2. The molecule has 2 aromatic rings. The van der Waals surface area contributed by atoms with Gasteiger partial charge in [-0.3, -0.25) is 19.7 Å². The molecule has 1 saturated heterocycles. The number of benzene rings is 1. The largest absolute Gasteiger partial charge is 0.455 e. The number of hydrogen-bond donors (Lipinski definition) is 0. The second-order valence-electron chi connectivity index (χ2n) is 8.39. The predicted molar refractivity (Wildman–Crippen MR) is 105 cm³/mol. The molecular formula is C22H17N3O5. The van der Waals surface area contributed by atoms with Crippen LogP contribution in [0.25, 0.3) is 11.3 Å². The van der Waals surface area contributed by atoms with Gasteiger partial charge >= 0.3 is 0 Å².